The molecule has 1 amide bonds. The van der Waals surface area contributed by atoms with Crippen LogP contribution in [0.4, 0.5) is 0 Å². The maximum absolute atomic E-state index is 12.8. The van der Waals surface area contributed by atoms with Crippen LogP contribution in [0.5, 0.6) is 0 Å². The van der Waals surface area contributed by atoms with Crippen LogP contribution in [0.25, 0.3) is 0 Å². The summed E-state index contributed by atoms with van der Waals surface area (Å²) in [5, 5.41) is 63.6. The normalized spacial score (nSPS) is 24.8. The molecule has 9 atom stereocenters. The summed E-state index contributed by atoms with van der Waals surface area (Å²) in [4.78, 5) is 23.2. The lowest BCUT2D eigenvalue weighted by molar-refractivity contribution is -0.220. The van der Waals surface area contributed by atoms with Gasteiger partial charge in [0.05, 0.1) is 18.8 Å². The van der Waals surface area contributed by atoms with Gasteiger partial charge < -0.3 is 40.8 Å². The predicted octanol–water partition coefficient (Wildman–Crippen LogP) is 6.11. The summed E-state index contributed by atoms with van der Waals surface area (Å²) in [5.74, 6) is -0.343. The van der Waals surface area contributed by atoms with Gasteiger partial charge in [-0.15, -0.1) is 0 Å². The van der Waals surface area contributed by atoms with E-state index in [2.05, 4.69) is 19.2 Å². The van der Waals surface area contributed by atoms with Gasteiger partial charge in [0.25, 0.3) is 0 Å². The lowest BCUT2D eigenvalue weighted by Gasteiger charge is -2.41. The standard InChI is InChI=1S/C38H74NO11P/c1-3-5-7-9-11-13-14-15-16-17-18-20-22-24-26-28-32(41)39-30(31(40)27-25-23-21-19-12-10-8-6-4-2)29-49-51(47,48)50-38-36(45)34(43)33(42)35(44)37(38)46/h25,27,30-31,33-38,40,42-46H,3-24,26,28-29H2,1-2H3,(H,39,41)(H,47,48)/b27-25+/t30-,31+,33?,34+,35?,36?,37?,38?/m0/s1. The molecular formula is C38H74NO11P. The van der Waals surface area contributed by atoms with E-state index >= 15 is 0 Å². The van der Waals surface area contributed by atoms with Crippen molar-refractivity contribution < 1.29 is 53.9 Å². The lowest BCUT2D eigenvalue weighted by atomic mass is 9.85. The van der Waals surface area contributed by atoms with Crippen molar-refractivity contribution in [3.8, 4) is 0 Å². The highest BCUT2D eigenvalue weighted by Gasteiger charge is 2.51. The van der Waals surface area contributed by atoms with Gasteiger partial charge in [-0.2, -0.15) is 0 Å². The smallest absolute Gasteiger partial charge is 0.387 e. The molecule has 0 aromatic rings. The van der Waals surface area contributed by atoms with Crippen LogP contribution in [-0.2, 0) is 18.4 Å². The number of hydrogen-bond acceptors (Lipinski definition) is 10. The summed E-state index contributed by atoms with van der Waals surface area (Å²) >= 11 is 0. The van der Waals surface area contributed by atoms with Crippen molar-refractivity contribution in [1.82, 2.24) is 5.32 Å². The number of allylic oxidation sites excluding steroid dienone is 1. The molecule has 51 heavy (non-hydrogen) atoms. The molecule has 0 bridgehead atoms. The van der Waals surface area contributed by atoms with Gasteiger partial charge in [0.2, 0.25) is 5.91 Å². The van der Waals surface area contributed by atoms with Crippen LogP contribution >= 0.6 is 7.82 Å². The van der Waals surface area contributed by atoms with E-state index in [9.17, 15) is 44.9 Å². The number of aliphatic hydroxyl groups excluding tert-OH is 6. The highest BCUT2D eigenvalue weighted by atomic mass is 31.2. The average Bonchev–Trinajstić information content (AvgIpc) is 3.11. The zero-order chi connectivity index (χ0) is 37.9. The van der Waals surface area contributed by atoms with Crippen LogP contribution in [0.2, 0.25) is 0 Å². The Morgan fingerprint density at radius 2 is 1.04 bits per heavy atom. The van der Waals surface area contributed by atoms with Crippen LogP contribution < -0.4 is 5.32 Å². The van der Waals surface area contributed by atoms with Gasteiger partial charge in [-0.1, -0.05) is 154 Å². The summed E-state index contributed by atoms with van der Waals surface area (Å²) in [7, 11) is -5.06. The van der Waals surface area contributed by atoms with Crippen molar-refractivity contribution in [3.05, 3.63) is 12.2 Å². The SMILES string of the molecule is CCCCCCCCC/C=C/[C@@H](O)[C@H](COP(=O)(O)OC1C(O)C(O)C(O)[C@@H](O)C1O)NC(=O)CCCCCCCCCCCCCCCCC. The molecule has 1 saturated carbocycles. The van der Waals surface area contributed by atoms with Gasteiger partial charge in [-0.05, 0) is 19.3 Å². The third-order valence-corrected chi connectivity index (χ3v) is 10.8. The summed E-state index contributed by atoms with van der Waals surface area (Å²) in [6, 6.07) is -1.11. The number of amides is 1. The Bertz CT molecular complexity index is 926. The quantitative estimate of drug-likeness (QED) is 0.0224. The number of phosphoric acid groups is 1. The Labute approximate surface area is 308 Å². The molecule has 0 heterocycles. The molecule has 302 valence electrons. The predicted molar refractivity (Wildman–Crippen MR) is 200 cm³/mol. The largest absolute Gasteiger partial charge is 0.472 e. The summed E-state index contributed by atoms with van der Waals surface area (Å²) in [5.41, 5.74) is 0. The van der Waals surface area contributed by atoms with Gasteiger partial charge in [0.1, 0.15) is 36.6 Å². The van der Waals surface area contributed by atoms with Crippen LogP contribution in [0.3, 0.4) is 0 Å². The fourth-order valence-electron chi connectivity index (χ4n) is 6.43. The van der Waals surface area contributed by atoms with Crippen LogP contribution in [-0.4, -0.2) is 96.8 Å². The third-order valence-electron chi connectivity index (χ3n) is 9.82. The van der Waals surface area contributed by atoms with E-state index in [0.717, 1.165) is 44.9 Å². The second-order valence-electron chi connectivity index (χ2n) is 14.5. The minimum Gasteiger partial charge on any atom is -0.387 e. The number of hydrogen-bond donors (Lipinski definition) is 8. The molecule has 0 aromatic carbocycles. The minimum atomic E-state index is -5.06. The zero-order valence-electron chi connectivity index (χ0n) is 31.7. The Morgan fingerprint density at radius 3 is 1.49 bits per heavy atom. The fourth-order valence-corrected chi connectivity index (χ4v) is 7.40. The zero-order valence-corrected chi connectivity index (χ0v) is 32.6. The van der Waals surface area contributed by atoms with E-state index in [1.54, 1.807) is 0 Å². The molecule has 0 aromatic heterocycles. The number of carbonyl (C=O) groups is 1. The number of carbonyl (C=O) groups excluding carboxylic acids is 1. The van der Waals surface area contributed by atoms with Gasteiger partial charge in [0.15, 0.2) is 0 Å². The molecule has 0 aliphatic heterocycles. The van der Waals surface area contributed by atoms with Crippen LogP contribution in [0.15, 0.2) is 12.2 Å². The minimum absolute atomic E-state index is 0.217. The Hall–Kier alpha value is -0.920. The number of unbranched alkanes of at least 4 members (excludes halogenated alkanes) is 21. The molecule has 1 fully saturated rings. The first-order valence-electron chi connectivity index (χ1n) is 20.1. The molecule has 1 aliphatic rings. The molecule has 6 unspecified atom stereocenters. The van der Waals surface area contributed by atoms with Crippen LogP contribution in [0, 0.1) is 0 Å². The van der Waals surface area contributed by atoms with Crippen molar-refractivity contribution >= 4 is 13.7 Å². The second-order valence-corrected chi connectivity index (χ2v) is 15.9. The summed E-state index contributed by atoms with van der Waals surface area (Å²) < 4.78 is 22.7. The molecule has 0 saturated heterocycles. The number of phosphoric ester groups is 1. The Balaban J connectivity index is 2.53. The molecule has 13 heteroatoms. The third kappa shape index (κ3) is 22.2. The molecule has 8 N–H and O–H groups in total. The molecular weight excluding hydrogens is 677 g/mol. The number of nitrogens with one attached hydrogen (secondary N) is 1. The number of rotatable bonds is 32. The van der Waals surface area contributed by atoms with E-state index in [1.807, 2.05) is 6.08 Å². The Kier molecular flexibility index (Phi) is 27.8. The van der Waals surface area contributed by atoms with Gasteiger partial charge in [0, 0.05) is 6.42 Å². The number of aliphatic hydroxyl groups is 6. The van der Waals surface area contributed by atoms with E-state index in [1.165, 1.54) is 102 Å². The van der Waals surface area contributed by atoms with E-state index in [-0.39, 0.29) is 12.3 Å². The van der Waals surface area contributed by atoms with Crippen molar-refractivity contribution in [2.75, 3.05) is 6.61 Å². The summed E-state index contributed by atoms with van der Waals surface area (Å²) in [6.07, 6.45) is 17.4. The maximum Gasteiger partial charge on any atom is 0.472 e. The first-order valence-corrected chi connectivity index (χ1v) is 21.6. The Morgan fingerprint density at radius 1 is 0.647 bits per heavy atom. The van der Waals surface area contributed by atoms with Gasteiger partial charge in [-0.25, -0.2) is 4.57 Å². The molecule has 1 aliphatic carbocycles. The molecule has 0 radical (unpaired) electrons. The van der Waals surface area contributed by atoms with Crippen molar-refractivity contribution in [3.63, 3.8) is 0 Å². The van der Waals surface area contributed by atoms with E-state index in [4.69, 9.17) is 9.05 Å². The first kappa shape index (κ1) is 48.1. The second kappa shape index (κ2) is 29.4. The summed E-state index contributed by atoms with van der Waals surface area (Å²) in [6.45, 7) is 3.78. The maximum atomic E-state index is 12.8. The molecule has 1 rings (SSSR count). The van der Waals surface area contributed by atoms with E-state index < -0.39 is 63.2 Å². The van der Waals surface area contributed by atoms with Crippen molar-refractivity contribution in [2.45, 2.75) is 217 Å². The van der Waals surface area contributed by atoms with Crippen molar-refractivity contribution in [2.24, 2.45) is 0 Å². The average molecular weight is 752 g/mol. The monoisotopic (exact) mass is 751 g/mol. The van der Waals surface area contributed by atoms with Crippen LogP contribution in [0.1, 0.15) is 168 Å². The van der Waals surface area contributed by atoms with Crippen molar-refractivity contribution in [1.29, 1.82) is 0 Å². The highest BCUT2D eigenvalue weighted by Crippen LogP contribution is 2.47. The van der Waals surface area contributed by atoms with Gasteiger partial charge in [-0.3, -0.25) is 13.8 Å². The molecule has 0 spiro atoms. The fraction of sp³-hybridized carbons (Fsp3) is 0.921. The highest BCUT2D eigenvalue weighted by molar-refractivity contribution is 7.47. The lowest BCUT2D eigenvalue weighted by Crippen LogP contribution is -2.64. The van der Waals surface area contributed by atoms with E-state index in [0.29, 0.717) is 6.42 Å². The molecule has 12 nitrogen and oxygen atoms in total. The van der Waals surface area contributed by atoms with Gasteiger partial charge >= 0.3 is 7.82 Å². The topological polar surface area (TPSA) is 206 Å². The first-order chi connectivity index (χ1) is 24.4.